The number of hydrogen-bond acceptors (Lipinski definition) is 4. The smallest absolute Gasteiger partial charge is 0.255 e. The van der Waals surface area contributed by atoms with Crippen molar-refractivity contribution in [2.45, 2.75) is 13.5 Å². The third-order valence-electron chi connectivity index (χ3n) is 4.75. The number of anilines is 2. The molecule has 27 heavy (non-hydrogen) atoms. The molecule has 1 heterocycles. The largest absolute Gasteiger partial charge is 0.369 e. The molecule has 3 rings (SSSR count). The number of likely N-dealkylation sites (N-methyl/N-ethyl adjacent to an activating group) is 1. The maximum atomic E-state index is 12.4. The van der Waals surface area contributed by atoms with Crippen LogP contribution in [-0.4, -0.2) is 49.9 Å². The Morgan fingerprint density at radius 3 is 2.15 bits per heavy atom. The zero-order valence-corrected chi connectivity index (χ0v) is 15.9. The number of rotatable bonds is 5. The van der Waals surface area contributed by atoms with Crippen LogP contribution in [0.3, 0.4) is 0 Å². The molecular weight excluding hydrogens is 340 g/mol. The number of nitrogens with one attached hydrogen (secondary N) is 2. The van der Waals surface area contributed by atoms with Crippen molar-refractivity contribution < 1.29 is 9.59 Å². The van der Waals surface area contributed by atoms with Crippen LogP contribution in [0.15, 0.2) is 48.5 Å². The normalized spacial score (nSPS) is 14.7. The molecule has 1 fully saturated rings. The summed E-state index contributed by atoms with van der Waals surface area (Å²) in [5, 5.41) is 5.67. The number of piperazine rings is 1. The molecule has 2 N–H and O–H groups in total. The summed E-state index contributed by atoms with van der Waals surface area (Å²) in [6, 6.07) is 15.2. The Morgan fingerprint density at radius 1 is 0.926 bits per heavy atom. The van der Waals surface area contributed by atoms with Gasteiger partial charge >= 0.3 is 0 Å². The highest BCUT2D eigenvalue weighted by molar-refractivity contribution is 6.04. The minimum Gasteiger partial charge on any atom is -0.369 e. The number of carbonyl (C=O) groups excluding carboxylic acids is 2. The van der Waals surface area contributed by atoms with E-state index in [1.165, 1.54) is 12.6 Å². The highest BCUT2D eigenvalue weighted by Crippen LogP contribution is 2.20. The lowest BCUT2D eigenvalue weighted by atomic mass is 10.1. The fourth-order valence-corrected chi connectivity index (χ4v) is 3.02. The SMILES string of the molecule is CC(=O)NCc1ccc(C(=O)Nc2ccc(N3CCN(C)CC3)cc2)cc1. The zero-order valence-electron chi connectivity index (χ0n) is 15.9. The third-order valence-corrected chi connectivity index (χ3v) is 4.75. The van der Waals surface area contributed by atoms with E-state index in [0.717, 1.165) is 37.4 Å². The second kappa shape index (κ2) is 8.68. The summed E-state index contributed by atoms with van der Waals surface area (Å²) in [5.74, 6) is -0.217. The second-order valence-electron chi connectivity index (χ2n) is 6.90. The summed E-state index contributed by atoms with van der Waals surface area (Å²) < 4.78 is 0. The minimum absolute atomic E-state index is 0.0724. The van der Waals surface area contributed by atoms with Gasteiger partial charge in [-0.1, -0.05) is 12.1 Å². The highest BCUT2D eigenvalue weighted by atomic mass is 16.2. The van der Waals surface area contributed by atoms with Gasteiger partial charge in [0, 0.05) is 56.6 Å². The van der Waals surface area contributed by atoms with Crippen molar-refractivity contribution in [1.29, 1.82) is 0 Å². The van der Waals surface area contributed by atoms with E-state index in [1.54, 1.807) is 12.1 Å². The molecule has 0 radical (unpaired) electrons. The lowest BCUT2D eigenvalue weighted by Crippen LogP contribution is -2.44. The van der Waals surface area contributed by atoms with E-state index in [0.29, 0.717) is 12.1 Å². The Labute approximate surface area is 160 Å². The summed E-state index contributed by atoms with van der Waals surface area (Å²) in [6.07, 6.45) is 0. The predicted octanol–water partition coefficient (Wildman–Crippen LogP) is 2.33. The van der Waals surface area contributed by atoms with Gasteiger partial charge in [0.1, 0.15) is 0 Å². The average Bonchev–Trinajstić information content (AvgIpc) is 2.68. The molecule has 0 unspecified atom stereocenters. The molecule has 0 saturated carbocycles. The van der Waals surface area contributed by atoms with Gasteiger partial charge < -0.3 is 20.4 Å². The van der Waals surface area contributed by atoms with Crippen molar-refractivity contribution in [1.82, 2.24) is 10.2 Å². The number of nitrogens with zero attached hydrogens (tertiary/aromatic N) is 2. The Balaban J connectivity index is 1.56. The fourth-order valence-electron chi connectivity index (χ4n) is 3.02. The molecular formula is C21H26N4O2. The Hall–Kier alpha value is -2.86. The van der Waals surface area contributed by atoms with Gasteiger partial charge in [0.05, 0.1) is 0 Å². The van der Waals surface area contributed by atoms with Crippen LogP contribution in [-0.2, 0) is 11.3 Å². The van der Waals surface area contributed by atoms with Crippen LogP contribution in [0.5, 0.6) is 0 Å². The van der Waals surface area contributed by atoms with Gasteiger partial charge in [0.15, 0.2) is 0 Å². The topological polar surface area (TPSA) is 64.7 Å². The molecule has 1 aliphatic rings. The van der Waals surface area contributed by atoms with Crippen molar-refractivity contribution >= 4 is 23.2 Å². The van der Waals surface area contributed by atoms with Gasteiger partial charge in [0.2, 0.25) is 5.91 Å². The maximum Gasteiger partial charge on any atom is 0.255 e. The van der Waals surface area contributed by atoms with E-state index >= 15 is 0 Å². The summed E-state index contributed by atoms with van der Waals surface area (Å²) in [5.41, 5.74) is 3.51. The van der Waals surface area contributed by atoms with Gasteiger partial charge in [-0.25, -0.2) is 0 Å². The molecule has 2 aromatic carbocycles. The number of amides is 2. The van der Waals surface area contributed by atoms with E-state index in [4.69, 9.17) is 0 Å². The quantitative estimate of drug-likeness (QED) is 0.852. The number of carbonyl (C=O) groups is 2. The molecule has 0 spiro atoms. The van der Waals surface area contributed by atoms with Crippen LogP contribution >= 0.6 is 0 Å². The lowest BCUT2D eigenvalue weighted by molar-refractivity contribution is -0.119. The number of benzene rings is 2. The second-order valence-corrected chi connectivity index (χ2v) is 6.90. The standard InChI is InChI=1S/C21H26N4O2/c1-16(26)22-15-17-3-5-18(6-4-17)21(27)23-19-7-9-20(10-8-19)25-13-11-24(2)12-14-25/h3-10H,11-15H2,1-2H3,(H,22,26)(H,23,27). The van der Waals surface area contributed by atoms with Crippen molar-refractivity contribution in [3.05, 3.63) is 59.7 Å². The van der Waals surface area contributed by atoms with E-state index in [9.17, 15) is 9.59 Å². The monoisotopic (exact) mass is 366 g/mol. The molecule has 6 heteroatoms. The molecule has 142 valence electrons. The van der Waals surface area contributed by atoms with Gasteiger partial charge in [-0.05, 0) is 49.0 Å². The molecule has 6 nitrogen and oxygen atoms in total. The first-order valence-corrected chi connectivity index (χ1v) is 9.19. The summed E-state index contributed by atoms with van der Waals surface area (Å²) in [6.45, 7) is 6.12. The van der Waals surface area contributed by atoms with Crippen molar-refractivity contribution in [3.8, 4) is 0 Å². The van der Waals surface area contributed by atoms with Crippen LogP contribution in [0.1, 0.15) is 22.8 Å². The van der Waals surface area contributed by atoms with Gasteiger partial charge in [-0.2, -0.15) is 0 Å². The van der Waals surface area contributed by atoms with Crippen LogP contribution in [0.4, 0.5) is 11.4 Å². The van der Waals surface area contributed by atoms with Crippen LogP contribution in [0.2, 0.25) is 0 Å². The number of hydrogen-bond donors (Lipinski definition) is 2. The summed E-state index contributed by atoms with van der Waals surface area (Å²) in [4.78, 5) is 28.1. The Morgan fingerprint density at radius 2 is 1.56 bits per heavy atom. The average molecular weight is 366 g/mol. The summed E-state index contributed by atoms with van der Waals surface area (Å²) in [7, 11) is 2.14. The molecule has 1 aliphatic heterocycles. The van der Waals surface area contributed by atoms with E-state index in [-0.39, 0.29) is 11.8 Å². The molecule has 2 amide bonds. The molecule has 2 aromatic rings. The first kappa shape index (κ1) is 18.9. The van der Waals surface area contributed by atoms with E-state index in [1.807, 2.05) is 24.3 Å². The predicted molar refractivity (Wildman–Crippen MR) is 108 cm³/mol. The first-order valence-electron chi connectivity index (χ1n) is 9.19. The molecule has 0 atom stereocenters. The molecule has 0 aliphatic carbocycles. The Kier molecular flexibility index (Phi) is 6.08. The summed E-state index contributed by atoms with van der Waals surface area (Å²) >= 11 is 0. The zero-order chi connectivity index (χ0) is 19.2. The Bertz CT molecular complexity index is 779. The minimum atomic E-state index is -0.145. The van der Waals surface area contributed by atoms with Crippen LogP contribution in [0.25, 0.3) is 0 Å². The van der Waals surface area contributed by atoms with Gasteiger partial charge in [0.25, 0.3) is 5.91 Å². The molecule has 0 aromatic heterocycles. The van der Waals surface area contributed by atoms with Gasteiger partial charge in [-0.15, -0.1) is 0 Å². The molecule has 1 saturated heterocycles. The third kappa shape index (κ3) is 5.31. The van der Waals surface area contributed by atoms with Crippen LogP contribution < -0.4 is 15.5 Å². The maximum absolute atomic E-state index is 12.4. The fraction of sp³-hybridized carbons (Fsp3) is 0.333. The highest BCUT2D eigenvalue weighted by Gasteiger charge is 2.14. The lowest BCUT2D eigenvalue weighted by Gasteiger charge is -2.34. The van der Waals surface area contributed by atoms with E-state index in [2.05, 4.69) is 39.6 Å². The van der Waals surface area contributed by atoms with E-state index < -0.39 is 0 Å². The van der Waals surface area contributed by atoms with Crippen molar-refractivity contribution in [3.63, 3.8) is 0 Å². The first-order chi connectivity index (χ1) is 13.0. The van der Waals surface area contributed by atoms with Crippen LogP contribution in [0, 0.1) is 0 Å². The van der Waals surface area contributed by atoms with Crippen molar-refractivity contribution in [2.75, 3.05) is 43.4 Å². The van der Waals surface area contributed by atoms with Gasteiger partial charge in [-0.3, -0.25) is 9.59 Å². The molecule has 0 bridgehead atoms. The van der Waals surface area contributed by atoms with Crippen molar-refractivity contribution in [2.24, 2.45) is 0 Å².